The maximum atomic E-state index is 12.5. The van der Waals surface area contributed by atoms with Crippen LogP contribution in [0.2, 0.25) is 0 Å². The summed E-state index contributed by atoms with van der Waals surface area (Å²) in [4.78, 5) is 20.0. The van der Waals surface area contributed by atoms with Crippen LogP contribution < -0.4 is 9.47 Å². The fourth-order valence-electron chi connectivity index (χ4n) is 3.35. The van der Waals surface area contributed by atoms with Crippen LogP contribution in [0.3, 0.4) is 0 Å². The highest BCUT2D eigenvalue weighted by atomic mass is 32.1. The maximum absolute atomic E-state index is 12.5. The molecule has 28 heavy (non-hydrogen) atoms. The zero-order valence-electron chi connectivity index (χ0n) is 15.8. The minimum Gasteiger partial charge on any atom is -0.497 e. The Kier molecular flexibility index (Phi) is 5.29. The van der Waals surface area contributed by atoms with E-state index in [0.717, 1.165) is 11.3 Å². The van der Waals surface area contributed by atoms with Gasteiger partial charge in [0, 0.05) is 41.9 Å². The van der Waals surface area contributed by atoms with E-state index < -0.39 is 0 Å². The van der Waals surface area contributed by atoms with Gasteiger partial charge in [-0.25, -0.2) is 0 Å². The van der Waals surface area contributed by atoms with Gasteiger partial charge in [-0.15, -0.1) is 11.3 Å². The lowest BCUT2D eigenvalue weighted by atomic mass is 10.1. The van der Waals surface area contributed by atoms with Crippen LogP contribution in [0.25, 0.3) is 0 Å². The summed E-state index contributed by atoms with van der Waals surface area (Å²) in [7, 11) is 3.22. The molecule has 1 amide bonds. The Hall–Kier alpha value is -2.87. The lowest BCUT2D eigenvalue weighted by Gasteiger charge is -2.18. The average molecular weight is 399 g/mol. The Balaban J connectivity index is 1.44. The molecular weight excluding hydrogens is 378 g/mol. The van der Waals surface area contributed by atoms with Crippen LogP contribution in [0, 0.1) is 0 Å². The van der Waals surface area contributed by atoms with Crippen LogP contribution in [0.15, 0.2) is 40.2 Å². The summed E-state index contributed by atoms with van der Waals surface area (Å²) in [5.41, 5.74) is 0.934. The minimum atomic E-state index is -0.0578. The van der Waals surface area contributed by atoms with Crippen LogP contribution in [-0.4, -0.2) is 41.7 Å². The third kappa shape index (κ3) is 3.87. The largest absolute Gasteiger partial charge is 0.497 e. The van der Waals surface area contributed by atoms with E-state index in [1.807, 2.05) is 40.6 Å². The Labute approximate surface area is 166 Å². The molecule has 0 aliphatic carbocycles. The highest BCUT2D eigenvalue weighted by molar-refractivity contribution is 7.09. The third-order valence-electron chi connectivity index (χ3n) is 4.82. The third-order valence-corrected chi connectivity index (χ3v) is 5.70. The number of carbonyl (C=O) groups excluding carboxylic acids is 1. The van der Waals surface area contributed by atoms with Gasteiger partial charge in [0.1, 0.15) is 11.5 Å². The first-order chi connectivity index (χ1) is 13.7. The summed E-state index contributed by atoms with van der Waals surface area (Å²) in [5.74, 6) is 2.62. The van der Waals surface area contributed by atoms with Gasteiger partial charge in [-0.05, 0) is 23.6 Å². The molecule has 1 aliphatic rings. The van der Waals surface area contributed by atoms with Crippen molar-refractivity contribution >= 4 is 17.2 Å². The number of aromatic nitrogens is 2. The maximum Gasteiger partial charge on any atom is 0.231 e. The number of likely N-dealkylation sites (tertiary alicyclic amines) is 1. The quantitative estimate of drug-likeness (QED) is 0.607. The molecule has 1 atom stereocenters. The number of amides is 1. The van der Waals surface area contributed by atoms with Crippen molar-refractivity contribution < 1.29 is 18.8 Å². The molecule has 146 valence electrons. The summed E-state index contributed by atoms with van der Waals surface area (Å²) in [6.45, 7) is 1.04. The van der Waals surface area contributed by atoms with Crippen LogP contribution in [0.1, 0.15) is 34.5 Å². The van der Waals surface area contributed by atoms with E-state index in [1.165, 1.54) is 4.88 Å². The van der Waals surface area contributed by atoms with Crippen LogP contribution in [0.4, 0.5) is 0 Å². The highest BCUT2D eigenvalue weighted by Gasteiger charge is 2.34. The number of hydrogen-bond acceptors (Lipinski definition) is 7. The van der Waals surface area contributed by atoms with Crippen molar-refractivity contribution in [2.75, 3.05) is 20.8 Å². The Bertz CT molecular complexity index is 954. The highest BCUT2D eigenvalue weighted by Crippen LogP contribution is 2.31. The number of nitrogens with zero attached hydrogens (tertiary/aromatic N) is 3. The Morgan fingerprint density at radius 3 is 2.93 bits per heavy atom. The number of thiophene rings is 1. The van der Waals surface area contributed by atoms with Gasteiger partial charge in [0.15, 0.2) is 5.82 Å². The van der Waals surface area contributed by atoms with Gasteiger partial charge in [0.25, 0.3) is 0 Å². The number of benzene rings is 1. The molecule has 3 aromatic rings. The van der Waals surface area contributed by atoms with Crippen molar-refractivity contribution in [3.05, 3.63) is 57.9 Å². The Morgan fingerprint density at radius 1 is 1.29 bits per heavy atom. The fourth-order valence-corrected chi connectivity index (χ4v) is 4.05. The molecule has 3 heterocycles. The number of rotatable bonds is 7. The van der Waals surface area contributed by atoms with Gasteiger partial charge in [-0.1, -0.05) is 11.2 Å². The molecule has 8 heteroatoms. The second kappa shape index (κ2) is 8.02. The molecule has 1 aromatic carbocycles. The van der Waals surface area contributed by atoms with Crippen molar-refractivity contribution in [2.45, 2.75) is 25.3 Å². The molecule has 0 radical (unpaired) electrons. The first-order valence-corrected chi connectivity index (χ1v) is 9.87. The molecule has 7 nitrogen and oxygen atoms in total. The molecule has 4 rings (SSSR count). The minimum absolute atomic E-state index is 0.0578. The average Bonchev–Trinajstić information content (AvgIpc) is 3.45. The number of hydrogen-bond donors (Lipinski definition) is 0. The van der Waals surface area contributed by atoms with Crippen molar-refractivity contribution in [1.29, 1.82) is 0 Å². The van der Waals surface area contributed by atoms with E-state index in [-0.39, 0.29) is 11.8 Å². The topological polar surface area (TPSA) is 77.7 Å². The van der Waals surface area contributed by atoms with E-state index in [1.54, 1.807) is 25.6 Å². The molecule has 2 aromatic heterocycles. The normalized spacial score (nSPS) is 16.6. The first kappa shape index (κ1) is 18.5. The zero-order chi connectivity index (χ0) is 19.5. The van der Waals surface area contributed by atoms with Crippen molar-refractivity contribution in [3.8, 4) is 11.5 Å². The van der Waals surface area contributed by atoms with Gasteiger partial charge in [0.2, 0.25) is 11.8 Å². The first-order valence-electron chi connectivity index (χ1n) is 9.00. The van der Waals surface area contributed by atoms with E-state index in [9.17, 15) is 4.79 Å². The summed E-state index contributed by atoms with van der Waals surface area (Å²) in [6.07, 6.45) is 1.01. The van der Waals surface area contributed by atoms with E-state index in [4.69, 9.17) is 14.0 Å². The van der Waals surface area contributed by atoms with Crippen LogP contribution in [-0.2, 0) is 17.8 Å². The van der Waals surface area contributed by atoms with E-state index in [2.05, 4.69) is 10.1 Å². The summed E-state index contributed by atoms with van der Waals surface area (Å²) >= 11 is 1.66. The van der Waals surface area contributed by atoms with Crippen molar-refractivity contribution in [1.82, 2.24) is 15.0 Å². The Morgan fingerprint density at radius 2 is 2.18 bits per heavy atom. The lowest BCUT2D eigenvalue weighted by molar-refractivity contribution is -0.128. The van der Waals surface area contributed by atoms with Gasteiger partial charge in [-0.2, -0.15) is 4.98 Å². The SMILES string of the molecule is COc1ccc(CN2CC(c3noc(Cc4cccs4)n3)CC2=O)c(OC)c1. The zero-order valence-corrected chi connectivity index (χ0v) is 16.6. The molecule has 1 unspecified atom stereocenters. The second-order valence-electron chi connectivity index (χ2n) is 6.66. The molecule has 1 fully saturated rings. The molecule has 0 bridgehead atoms. The predicted octanol–water partition coefficient (Wildman–Crippen LogP) is 3.26. The van der Waals surface area contributed by atoms with E-state index >= 15 is 0 Å². The smallest absolute Gasteiger partial charge is 0.231 e. The van der Waals surface area contributed by atoms with Crippen LogP contribution >= 0.6 is 11.3 Å². The standard InChI is InChI=1S/C20H21N3O4S/c1-25-15-6-5-13(17(9-15)26-2)11-23-12-14(8-19(23)24)20-21-18(27-22-20)10-16-4-3-7-28-16/h3-7,9,14H,8,10-12H2,1-2H3. The van der Waals surface area contributed by atoms with Crippen LogP contribution in [0.5, 0.6) is 11.5 Å². The lowest BCUT2D eigenvalue weighted by Crippen LogP contribution is -2.24. The summed E-state index contributed by atoms with van der Waals surface area (Å²) in [6, 6.07) is 9.65. The molecule has 0 spiro atoms. The fraction of sp³-hybridized carbons (Fsp3) is 0.350. The number of methoxy groups -OCH3 is 2. The van der Waals surface area contributed by atoms with Gasteiger partial charge < -0.3 is 18.9 Å². The monoisotopic (exact) mass is 399 g/mol. The molecule has 0 N–H and O–H groups in total. The van der Waals surface area contributed by atoms with Crippen molar-refractivity contribution in [2.24, 2.45) is 0 Å². The van der Waals surface area contributed by atoms with E-state index in [0.29, 0.717) is 43.4 Å². The molecule has 1 saturated heterocycles. The number of carbonyl (C=O) groups is 1. The molecule has 1 aliphatic heterocycles. The molecular formula is C20H21N3O4S. The van der Waals surface area contributed by atoms with Gasteiger partial charge in [-0.3, -0.25) is 4.79 Å². The summed E-state index contributed by atoms with van der Waals surface area (Å²) < 4.78 is 16.1. The van der Waals surface area contributed by atoms with Gasteiger partial charge in [0.05, 0.1) is 20.6 Å². The molecule has 0 saturated carbocycles. The predicted molar refractivity (Wildman–Crippen MR) is 104 cm³/mol. The number of ether oxygens (including phenoxy) is 2. The van der Waals surface area contributed by atoms with Crippen molar-refractivity contribution in [3.63, 3.8) is 0 Å². The summed E-state index contributed by atoms with van der Waals surface area (Å²) in [5, 5.41) is 6.13. The second-order valence-corrected chi connectivity index (χ2v) is 7.69. The van der Waals surface area contributed by atoms with Gasteiger partial charge >= 0.3 is 0 Å².